The van der Waals surface area contributed by atoms with Gasteiger partial charge in [0.05, 0.1) is 0 Å². The van der Waals surface area contributed by atoms with E-state index in [1.807, 2.05) is 11.6 Å². The second kappa shape index (κ2) is 7.39. The van der Waals surface area contributed by atoms with E-state index < -0.39 is 0 Å². The van der Waals surface area contributed by atoms with Crippen molar-refractivity contribution in [3.63, 3.8) is 0 Å². The van der Waals surface area contributed by atoms with Crippen molar-refractivity contribution >= 4 is 11.2 Å². The Kier molecular flexibility index (Phi) is 4.93. The summed E-state index contributed by atoms with van der Waals surface area (Å²) in [6.07, 6.45) is 5.12. The van der Waals surface area contributed by atoms with E-state index in [1.54, 1.807) is 7.05 Å². The summed E-state index contributed by atoms with van der Waals surface area (Å²) in [6.45, 7) is 0.962. The van der Waals surface area contributed by atoms with Gasteiger partial charge in [-0.1, -0.05) is 24.3 Å². The zero-order valence-corrected chi connectivity index (χ0v) is 16.7. The molecule has 0 bridgehead atoms. The molecule has 1 aliphatic carbocycles. The highest BCUT2D eigenvalue weighted by Gasteiger charge is 2.21. The fraction of sp³-hybridized carbons (Fsp3) is 0.476. The molecule has 148 valence electrons. The minimum atomic E-state index is -0.344. The molecule has 1 unspecified atom stereocenters. The summed E-state index contributed by atoms with van der Waals surface area (Å²) in [5.74, 6) is 0.847. The molecule has 0 amide bonds. The SMILES string of the molecule is Cn1c(=O)c2c(nc(CCCCNC3CCc4ccccc43)n2C)n(C)c1=O. The number of imidazole rings is 1. The van der Waals surface area contributed by atoms with Crippen molar-refractivity contribution in [1.29, 1.82) is 0 Å². The number of hydrogen-bond acceptors (Lipinski definition) is 4. The first-order valence-corrected chi connectivity index (χ1v) is 9.91. The smallest absolute Gasteiger partial charge is 0.325 e. The van der Waals surface area contributed by atoms with E-state index in [9.17, 15) is 9.59 Å². The Morgan fingerprint density at radius 1 is 1.07 bits per heavy atom. The second-order valence-electron chi connectivity index (χ2n) is 7.67. The monoisotopic (exact) mass is 381 g/mol. The normalized spacial score (nSPS) is 16.0. The standard InChI is InChI=1S/C21H27N5O2/c1-24-17(23-19-18(24)20(27)26(3)21(28)25(19)2)10-6-7-13-22-16-12-11-14-8-4-5-9-15(14)16/h4-5,8-9,16,22H,6-7,10-13H2,1-3H3. The highest BCUT2D eigenvalue weighted by Crippen LogP contribution is 2.30. The summed E-state index contributed by atoms with van der Waals surface area (Å²) in [7, 11) is 5.01. The molecule has 0 saturated heterocycles. The van der Waals surface area contributed by atoms with E-state index >= 15 is 0 Å². The predicted octanol–water partition coefficient (Wildman–Crippen LogP) is 1.57. The van der Waals surface area contributed by atoms with Crippen molar-refractivity contribution in [2.24, 2.45) is 21.1 Å². The Hall–Kier alpha value is -2.67. The van der Waals surface area contributed by atoms with E-state index in [1.165, 1.54) is 29.2 Å². The molecule has 7 heteroatoms. The predicted molar refractivity (Wildman–Crippen MR) is 110 cm³/mol. The number of aryl methyl sites for hydroxylation is 4. The Morgan fingerprint density at radius 2 is 1.86 bits per heavy atom. The van der Waals surface area contributed by atoms with Gasteiger partial charge in [-0.15, -0.1) is 0 Å². The lowest BCUT2D eigenvalue weighted by Gasteiger charge is -2.13. The zero-order valence-electron chi connectivity index (χ0n) is 16.7. The summed E-state index contributed by atoms with van der Waals surface area (Å²) in [4.78, 5) is 29.1. The van der Waals surface area contributed by atoms with Gasteiger partial charge in [0.25, 0.3) is 5.56 Å². The van der Waals surface area contributed by atoms with Gasteiger partial charge in [-0.25, -0.2) is 9.78 Å². The quantitative estimate of drug-likeness (QED) is 0.658. The fourth-order valence-electron chi connectivity index (χ4n) is 4.24. The molecular formula is C21H27N5O2. The number of unbranched alkanes of at least 4 members (excludes halogenated alkanes) is 1. The minimum absolute atomic E-state index is 0.291. The molecule has 28 heavy (non-hydrogen) atoms. The number of hydrogen-bond donors (Lipinski definition) is 1. The number of rotatable bonds is 6. The average Bonchev–Trinajstić information content (AvgIpc) is 3.26. The maximum atomic E-state index is 12.4. The van der Waals surface area contributed by atoms with E-state index in [2.05, 4.69) is 34.6 Å². The lowest BCUT2D eigenvalue weighted by Crippen LogP contribution is -2.37. The molecule has 3 aromatic rings. The van der Waals surface area contributed by atoms with Crippen molar-refractivity contribution in [2.45, 2.75) is 38.1 Å². The minimum Gasteiger partial charge on any atom is -0.325 e. The molecule has 0 aliphatic heterocycles. The van der Waals surface area contributed by atoms with Gasteiger partial charge in [-0.3, -0.25) is 13.9 Å². The van der Waals surface area contributed by atoms with E-state index in [0.717, 1.165) is 42.6 Å². The van der Waals surface area contributed by atoms with Gasteiger partial charge in [-0.05, 0) is 43.4 Å². The number of nitrogens with one attached hydrogen (secondary N) is 1. The lowest BCUT2D eigenvalue weighted by atomic mass is 10.1. The van der Waals surface area contributed by atoms with Crippen LogP contribution in [0, 0.1) is 0 Å². The van der Waals surface area contributed by atoms with Crippen LogP contribution in [0.4, 0.5) is 0 Å². The molecule has 2 heterocycles. The van der Waals surface area contributed by atoms with E-state index in [-0.39, 0.29) is 11.2 Å². The van der Waals surface area contributed by atoms with Gasteiger partial charge in [0, 0.05) is 33.6 Å². The van der Waals surface area contributed by atoms with Gasteiger partial charge in [0.15, 0.2) is 11.2 Å². The van der Waals surface area contributed by atoms with Gasteiger partial charge in [0.1, 0.15) is 5.82 Å². The van der Waals surface area contributed by atoms with Gasteiger partial charge in [0.2, 0.25) is 0 Å². The molecule has 0 saturated carbocycles. The molecule has 0 radical (unpaired) electrons. The Balaban J connectivity index is 1.38. The first kappa shape index (κ1) is 18.7. The van der Waals surface area contributed by atoms with Gasteiger partial charge >= 0.3 is 5.69 Å². The molecule has 1 aliphatic rings. The third-order valence-electron chi connectivity index (χ3n) is 5.92. The van der Waals surface area contributed by atoms with Gasteiger partial charge in [-0.2, -0.15) is 0 Å². The molecule has 1 atom stereocenters. The van der Waals surface area contributed by atoms with Crippen LogP contribution in [0.5, 0.6) is 0 Å². The van der Waals surface area contributed by atoms with Crippen LogP contribution in [-0.4, -0.2) is 25.2 Å². The summed E-state index contributed by atoms with van der Waals surface area (Å²) < 4.78 is 4.41. The van der Waals surface area contributed by atoms with Crippen molar-refractivity contribution < 1.29 is 0 Å². The Morgan fingerprint density at radius 3 is 2.68 bits per heavy atom. The van der Waals surface area contributed by atoms with Crippen LogP contribution in [0.3, 0.4) is 0 Å². The first-order chi connectivity index (χ1) is 13.5. The first-order valence-electron chi connectivity index (χ1n) is 9.91. The van der Waals surface area contributed by atoms with E-state index in [0.29, 0.717) is 17.2 Å². The average molecular weight is 381 g/mol. The summed E-state index contributed by atoms with van der Waals surface area (Å²) in [5.41, 5.74) is 3.22. The molecule has 2 aromatic heterocycles. The molecule has 0 fully saturated rings. The van der Waals surface area contributed by atoms with Crippen molar-refractivity contribution in [3.05, 3.63) is 62.1 Å². The summed E-state index contributed by atoms with van der Waals surface area (Å²) in [6, 6.07) is 9.14. The molecule has 1 aromatic carbocycles. The fourth-order valence-corrected chi connectivity index (χ4v) is 4.24. The second-order valence-corrected chi connectivity index (χ2v) is 7.67. The Labute approximate surface area is 163 Å². The zero-order chi connectivity index (χ0) is 19.8. The third-order valence-corrected chi connectivity index (χ3v) is 5.92. The van der Waals surface area contributed by atoms with E-state index in [4.69, 9.17) is 0 Å². The topological polar surface area (TPSA) is 73.8 Å². The number of aromatic nitrogens is 4. The van der Waals surface area contributed by atoms with Crippen LogP contribution in [-0.2, 0) is 34.0 Å². The highest BCUT2D eigenvalue weighted by molar-refractivity contribution is 5.70. The largest absolute Gasteiger partial charge is 0.332 e. The third kappa shape index (κ3) is 3.09. The Bertz CT molecular complexity index is 1140. The van der Waals surface area contributed by atoms with Crippen molar-refractivity contribution in [2.75, 3.05) is 6.54 Å². The molecular weight excluding hydrogens is 354 g/mol. The lowest BCUT2D eigenvalue weighted by molar-refractivity contribution is 0.510. The molecule has 4 rings (SSSR count). The number of nitrogens with zero attached hydrogens (tertiary/aromatic N) is 4. The number of benzene rings is 1. The van der Waals surface area contributed by atoms with Crippen LogP contribution < -0.4 is 16.6 Å². The van der Waals surface area contributed by atoms with Crippen LogP contribution in [0.1, 0.15) is 42.3 Å². The van der Waals surface area contributed by atoms with Crippen molar-refractivity contribution in [1.82, 2.24) is 24.0 Å². The maximum absolute atomic E-state index is 12.4. The van der Waals surface area contributed by atoms with Crippen LogP contribution in [0.25, 0.3) is 11.2 Å². The van der Waals surface area contributed by atoms with Crippen LogP contribution >= 0.6 is 0 Å². The summed E-state index contributed by atoms with van der Waals surface area (Å²) >= 11 is 0. The summed E-state index contributed by atoms with van der Waals surface area (Å²) in [5, 5.41) is 3.67. The van der Waals surface area contributed by atoms with Crippen molar-refractivity contribution in [3.8, 4) is 0 Å². The molecule has 0 spiro atoms. The number of fused-ring (bicyclic) bond motifs is 2. The molecule has 7 nitrogen and oxygen atoms in total. The highest BCUT2D eigenvalue weighted by atomic mass is 16.2. The van der Waals surface area contributed by atoms with Gasteiger partial charge < -0.3 is 9.88 Å². The van der Waals surface area contributed by atoms with Crippen LogP contribution in [0.15, 0.2) is 33.9 Å². The van der Waals surface area contributed by atoms with Crippen LogP contribution in [0.2, 0.25) is 0 Å². The maximum Gasteiger partial charge on any atom is 0.332 e. The molecule has 1 N–H and O–H groups in total.